The van der Waals surface area contributed by atoms with Gasteiger partial charge in [0, 0.05) is 0 Å². The Morgan fingerprint density at radius 1 is 0.279 bits per heavy atom. The summed E-state index contributed by atoms with van der Waals surface area (Å²) in [5.74, 6) is -6.21. The molecule has 12 nitrogen and oxygen atoms in total. The second-order valence-electron chi connectivity index (χ2n) is 14.1. The van der Waals surface area contributed by atoms with E-state index in [1.165, 1.54) is 0 Å². The van der Waals surface area contributed by atoms with Crippen LogP contribution in [0.1, 0.15) is 137 Å². The molecule has 0 aliphatic carbocycles. The normalized spacial score (nSPS) is 9.26. The Morgan fingerprint density at radius 2 is 0.397 bits per heavy atom. The minimum absolute atomic E-state index is 0. The third-order valence-corrected chi connectivity index (χ3v) is 9.61. The van der Waals surface area contributed by atoms with E-state index in [9.17, 15) is 49.2 Å². The van der Waals surface area contributed by atoms with Crippen molar-refractivity contribution in [2.45, 2.75) is 80.1 Å². The predicted octanol–water partition coefficient (Wildman–Crippen LogP) is 6.34. The smallest absolute Gasteiger partial charge is 0.545 e. The third kappa shape index (κ3) is 25.2. The van der Waals surface area contributed by atoms with Crippen molar-refractivity contribution in [2.24, 2.45) is 0 Å². The van der Waals surface area contributed by atoms with Crippen LogP contribution >= 0.6 is 0 Å². The number of aryl methyl sites for hydroxylation is 6. The quantitative estimate of drug-likeness (QED) is 0.128. The van der Waals surface area contributed by atoms with Gasteiger partial charge >= 0.3 is 46.1 Å². The summed E-state index contributed by atoms with van der Waals surface area (Å²) in [5.41, 5.74) is 8.51. The molecule has 0 aromatic heterocycles. The monoisotopic (exact) mass is 1020 g/mol. The summed E-state index contributed by atoms with van der Waals surface area (Å²) in [6.07, 6.45) is 5.58. The molecule has 0 aliphatic heterocycles. The molecule has 0 saturated carbocycles. The van der Waals surface area contributed by atoms with E-state index >= 15 is 0 Å². The van der Waals surface area contributed by atoms with Crippen LogP contribution in [0.4, 0.5) is 0 Å². The van der Waals surface area contributed by atoms with Crippen molar-refractivity contribution < 1.29 is 93.5 Å². The molecule has 2 radical (unpaired) electrons. The van der Waals surface area contributed by atoms with Crippen molar-refractivity contribution in [3.05, 3.63) is 212 Å². The molecule has 6 aromatic carbocycles. The van der Waals surface area contributed by atoms with Crippen LogP contribution < -0.4 is 20.4 Å². The molecule has 0 heterocycles. The van der Waals surface area contributed by atoms with Crippen LogP contribution in [0.2, 0.25) is 0 Å². The summed E-state index contributed by atoms with van der Waals surface area (Å²) < 4.78 is 0. The fourth-order valence-electron chi connectivity index (χ4n) is 5.27. The van der Waals surface area contributed by atoms with Gasteiger partial charge in [-0.25, -0.2) is 9.59 Å². The van der Waals surface area contributed by atoms with Crippen molar-refractivity contribution >= 4 is 35.8 Å². The molecule has 0 aliphatic rings. The van der Waals surface area contributed by atoms with E-state index < -0.39 is 35.8 Å². The van der Waals surface area contributed by atoms with Crippen LogP contribution in [0, 0.1) is 0 Å². The third-order valence-electron chi connectivity index (χ3n) is 9.61. The van der Waals surface area contributed by atoms with Crippen molar-refractivity contribution in [2.75, 3.05) is 0 Å². The summed E-state index contributed by atoms with van der Waals surface area (Å²) in [7, 11) is 0. The van der Waals surface area contributed by atoms with Crippen LogP contribution in [0.15, 0.2) is 146 Å². The van der Waals surface area contributed by atoms with Gasteiger partial charge in [-0.1, -0.05) is 163 Å². The van der Waals surface area contributed by atoms with Gasteiger partial charge in [0.1, 0.15) is 0 Å². The standard InChI is InChI=1S/6C9H10O2.2Cu/c6*1-2-7-3-5-8(6-4-7)9(10)11;;/h6*3-6H,2H2,1H3,(H,10,11);;/q;;;;;;2*+2/p-4. The molecule has 14 heteroatoms. The summed E-state index contributed by atoms with van der Waals surface area (Å²) >= 11 is 0. The second kappa shape index (κ2) is 35.4. The van der Waals surface area contributed by atoms with Crippen molar-refractivity contribution in [3.63, 3.8) is 0 Å². The maximum Gasteiger partial charge on any atom is 2.00 e. The molecule has 2 N–H and O–H groups in total. The molecular formula is C54H56Cu2O12. The number of carboxylic acid groups (broad SMARTS) is 6. The number of carbonyl (C=O) groups is 6. The fourth-order valence-corrected chi connectivity index (χ4v) is 5.27. The Morgan fingerprint density at radius 3 is 0.485 bits per heavy atom. The summed E-state index contributed by atoms with van der Waals surface area (Å²) in [6, 6.07) is 40.7. The molecule has 0 unspecified atom stereocenters. The van der Waals surface area contributed by atoms with Crippen molar-refractivity contribution in [1.82, 2.24) is 0 Å². The van der Waals surface area contributed by atoms with E-state index in [4.69, 9.17) is 10.2 Å². The number of benzene rings is 6. The Labute approximate surface area is 419 Å². The van der Waals surface area contributed by atoms with E-state index in [2.05, 4.69) is 0 Å². The van der Waals surface area contributed by atoms with Crippen LogP contribution in [0.5, 0.6) is 0 Å². The SMILES string of the molecule is CCc1ccc(C(=O)O)cc1.CCc1ccc(C(=O)O)cc1.CCc1ccc(C(=O)[O-])cc1.CCc1ccc(C(=O)[O-])cc1.CCc1ccc(C(=O)[O-])cc1.CCc1ccc(C(=O)[O-])cc1.[Cu+2].[Cu+2]. The largest absolute Gasteiger partial charge is 2.00 e. The zero-order valence-electron chi connectivity index (χ0n) is 38.7. The van der Waals surface area contributed by atoms with Gasteiger partial charge in [-0.2, -0.15) is 0 Å². The Kier molecular flexibility index (Phi) is 32.9. The predicted molar refractivity (Wildman–Crippen MR) is 246 cm³/mol. The minimum atomic E-state index is -1.12. The number of hydrogen-bond donors (Lipinski definition) is 2. The number of aromatic carboxylic acids is 6. The van der Waals surface area contributed by atoms with Crippen molar-refractivity contribution in [1.29, 1.82) is 0 Å². The van der Waals surface area contributed by atoms with Gasteiger partial charge in [0.2, 0.25) is 0 Å². The van der Waals surface area contributed by atoms with Crippen LogP contribution in [0.25, 0.3) is 0 Å². The van der Waals surface area contributed by atoms with E-state index in [1.54, 1.807) is 121 Å². The van der Waals surface area contributed by atoms with Gasteiger partial charge in [0.15, 0.2) is 0 Å². The molecule has 0 saturated heterocycles. The van der Waals surface area contributed by atoms with Gasteiger partial charge in [0.05, 0.1) is 35.0 Å². The maximum absolute atomic E-state index is 10.4. The number of hydrogen-bond acceptors (Lipinski definition) is 10. The molecule has 366 valence electrons. The summed E-state index contributed by atoms with van der Waals surface area (Å²) in [6.45, 7) is 12.2. The molecule has 0 fully saturated rings. The zero-order valence-corrected chi connectivity index (χ0v) is 40.6. The van der Waals surface area contributed by atoms with Gasteiger partial charge in [-0.15, -0.1) is 0 Å². The fraction of sp³-hybridized carbons (Fsp3) is 0.222. The van der Waals surface area contributed by atoms with Crippen molar-refractivity contribution in [3.8, 4) is 0 Å². The molecule has 68 heavy (non-hydrogen) atoms. The van der Waals surface area contributed by atoms with E-state index in [-0.39, 0.29) is 56.4 Å². The summed E-state index contributed by atoms with van der Waals surface area (Å²) in [5, 5.41) is 58.3. The second-order valence-corrected chi connectivity index (χ2v) is 14.1. The average Bonchev–Trinajstić information content (AvgIpc) is 3.35. The van der Waals surface area contributed by atoms with E-state index in [0.29, 0.717) is 11.1 Å². The topological polar surface area (TPSA) is 235 Å². The Balaban J connectivity index is 0. The molecule has 6 aromatic rings. The Bertz CT molecular complexity index is 1950. The molecule has 0 amide bonds. The molecule has 0 atom stereocenters. The maximum atomic E-state index is 10.4. The first-order chi connectivity index (χ1) is 31.4. The average molecular weight is 1020 g/mol. The molecule has 6 rings (SSSR count). The van der Waals surface area contributed by atoms with Crippen LogP contribution in [-0.2, 0) is 72.7 Å². The van der Waals surface area contributed by atoms with Crippen LogP contribution in [0.3, 0.4) is 0 Å². The number of rotatable bonds is 12. The molecular weight excluding hydrogens is 968 g/mol. The van der Waals surface area contributed by atoms with Crippen LogP contribution in [-0.4, -0.2) is 46.0 Å². The van der Waals surface area contributed by atoms with Gasteiger partial charge < -0.3 is 49.8 Å². The van der Waals surface area contributed by atoms with E-state index in [1.807, 2.05) is 65.8 Å². The number of carbonyl (C=O) groups excluding carboxylic acids is 4. The van der Waals surface area contributed by atoms with Gasteiger partial charge in [-0.05, 0) is 118 Å². The van der Waals surface area contributed by atoms with Gasteiger partial charge in [-0.3, -0.25) is 0 Å². The molecule has 0 bridgehead atoms. The zero-order chi connectivity index (χ0) is 49.6. The summed E-state index contributed by atoms with van der Waals surface area (Å²) in [4.78, 5) is 62.0. The minimum Gasteiger partial charge on any atom is -0.545 e. The van der Waals surface area contributed by atoms with Gasteiger partial charge in [0.25, 0.3) is 0 Å². The Hall–Kier alpha value is -6.82. The van der Waals surface area contributed by atoms with E-state index in [0.717, 1.165) is 71.9 Å². The first-order valence-electron chi connectivity index (χ1n) is 21.3. The number of carboxylic acids is 6. The first-order valence-corrected chi connectivity index (χ1v) is 21.3. The first kappa shape index (κ1) is 63.3. The molecule has 0 spiro atoms.